The van der Waals surface area contributed by atoms with Gasteiger partial charge in [0.05, 0.1) is 12.8 Å². The monoisotopic (exact) mass is 534 g/mol. The highest BCUT2D eigenvalue weighted by Gasteiger charge is 2.34. The van der Waals surface area contributed by atoms with Crippen LogP contribution in [-0.2, 0) is 36.8 Å². The number of esters is 1. The SMILES string of the molecule is CC(C(=O)NC(CC(=O)O)C(=O)COC(=O)CC1CCc2ccccc2C1=O)N1CCc2ccccc2C1=O. The molecular weight excluding hydrogens is 504 g/mol. The van der Waals surface area contributed by atoms with E-state index in [-0.39, 0.29) is 18.1 Å². The number of ketones is 2. The summed E-state index contributed by atoms with van der Waals surface area (Å²) in [7, 11) is 0. The van der Waals surface area contributed by atoms with Crippen LogP contribution in [0.25, 0.3) is 0 Å². The van der Waals surface area contributed by atoms with Gasteiger partial charge in [0.2, 0.25) is 5.91 Å². The summed E-state index contributed by atoms with van der Waals surface area (Å²) >= 11 is 0. The fraction of sp³-hybridized carbons (Fsp3) is 0.379. The molecule has 0 spiro atoms. The number of nitrogens with zero attached hydrogens (tertiary/aromatic N) is 1. The van der Waals surface area contributed by atoms with Crippen molar-refractivity contribution in [1.82, 2.24) is 10.2 Å². The number of aliphatic carboxylic acids is 1. The van der Waals surface area contributed by atoms with Crippen LogP contribution < -0.4 is 5.32 Å². The Labute approximate surface area is 225 Å². The van der Waals surface area contributed by atoms with E-state index in [0.717, 1.165) is 11.1 Å². The van der Waals surface area contributed by atoms with Crippen LogP contribution in [0.4, 0.5) is 0 Å². The van der Waals surface area contributed by atoms with Crippen LogP contribution in [0.2, 0.25) is 0 Å². The molecule has 0 fully saturated rings. The number of carboxylic acid groups (broad SMARTS) is 1. The normalized spacial score (nSPS) is 17.9. The van der Waals surface area contributed by atoms with Crippen LogP contribution in [0.1, 0.15) is 58.0 Å². The molecule has 2 aromatic carbocycles. The summed E-state index contributed by atoms with van der Waals surface area (Å²) in [6, 6.07) is 11.9. The minimum Gasteiger partial charge on any atom is -0.481 e. The van der Waals surface area contributed by atoms with Gasteiger partial charge in [-0.15, -0.1) is 0 Å². The number of Topliss-reactive ketones (excluding diaryl/α,β-unsaturated/α-hetero) is 2. The molecule has 2 N–H and O–H groups in total. The molecule has 1 aliphatic carbocycles. The molecule has 2 aliphatic rings. The molecule has 10 nitrogen and oxygen atoms in total. The Morgan fingerprint density at radius 2 is 1.64 bits per heavy atom. The van der Waals surface area contributed by atoms with Crippen LogP contribution in [0.3, 0.4) is 0 Å². The maximum absolute atomic E-state index is 12.9. The smallest absolute Gasteiger partial charge is 0.306 e. The second kappa shape index (κ2) is 12.0. The van der Waals surface area contributed by atoms with Crippen molar-refractivity contribution in [3.63, 3.8) is 0 Å². The van der Waals surface area contributed by atoms with Gasteiger partial charge in [0, 0.05) is 23.6 Å². The molecule has 1 heterocycles. The first kappa shape index (κ1) is 27.7. The summed E-state index contributed by atoms with van der Waals surface area (Å²) in [5, 5.41) is 11.7. The summed E-state index contributed by atoms with van der Waals surface area (Å²) < 4.78 is 5.07. The number of ether oxygens (including phenoxy) is 1. The summed E-state index contributed by atoms with van der Waals surface area (Å²) in [5.41, 5.74) is 2.88. The van der Waals surface area contributed by atoms with Gasteiger partial charge in [0.25, 0.3) is 5.91 Å². The number of nitrogens with one attached hydrogen (secondary N) is 1. The number of rotatable bonds is 10. The summed E-state index contributed by atoms with van der Waals surface area (Å²) in [4.78, 5) is 76.5. The highest BCUT2D eigenvalue weighted by Crippen LogP contribution is 2.28. The molecule has 1 aliphatic heterocycles. The van der Waals surface area contributed by atoms with E-state index in [9.17, 15) is 33.9 Å². The molecule has 3 unspecified atom stereocenters. The van der Waals surface area contributed by atoms with E-state index < -0.39 is 54.7 Å². The van der Waals surface area contributed by atoms with Gasteiger partial charge in [-0.1, -0.05) is 42.5 Å². The Balaban J connectivity index is 1.32. The number of benzene rings is 2. The number of carboxylic acids is 1. The van der Waals surface area contributed by atoms with Crippen molar-refractivity contribution in [2.75, 3.05) is 13.2 Å². The Kier molecular flexibility index (Phi) is 8.53. The Hall–Kier alpha value is -4.34. The van der Waals surface area contributed by atoms with Crippen molar-refractivity contribution in [1.29, 1.82) is 0 Å². The van der Waals surface area contributed by atoms with Gasteiger partial charge < -0.3 is 20.1 Å². The van der Waals surface area contributed by atoms with Crippen LogP contribution in [0, 0.1) is 5.92 Å². The lowest BCUT2D eigenvalue weighted by Gasteiger charge is -2.33. The summed E-state index contributed by atoms with van der Waals surface area (Å²) in [5.74, 6) is -4.63. The number of hydrogen-bond donors (Lipinski definition) is 2. The highest BCUT2D eigenvalue weighted by atomic mass is 16.5. The fourth-order valence-corrected chi connectivity index (χ4v) is 5.03. The topological polar surface area (TPSA) is 147 Å². The van der Waals surface area contributed by atoms with Crippen LogP contribution in [0.15, 0.2) is 48.5 Å². The van der Waals surface area contributed by atoms with Crippen molar-refractivity contribution in [3.05, 3.63) is 70.8 Å². The first-order valence-electron chi connectivity index (χ1n) is 12.9. The number of amides is 2. The number of carbonyl (C=O) groups is 6. The number of carbonyl (C=O) groups excluding carboxylic acids is 5. The molecule has 3 atom stereocenters. The molecular formula is C29H30N2O8. The van der Waals surface area contributed by atoms with Gasteiger partial charge in [0.15, 0.2) is 18.2 Å². The molecule has 39 heavy (non-hydrogen) atoms. The molecule has 10 heteroatoms. The van der Waals surface area contributed by atoms with Gasteiger partial charge in [-0.25, -0.2) is 0 Å². The molecule has 0 saturated heterocycles. The van der Waals surface area contributed by atoms with E-state index in [1.54, 1.807) is 24.3 Å². The molecule has 0 radical (unpaired) electrons. The van der Waals surface area contributed by atoms with E-state index in [1.165, 1.54) is 11.8 Å². The molecule has 2 aromatic rings. The average molecular weight is 535 g/mol. The standard InChI is InChI=1S/C29H30N2O8/c1-17(31-13-12-19-7-3-5-9-22(19)29(31)38)28(37)30-23(15-25(33)34)24(32)16-39-26(35)14-20-11-10-18-6-2-4-8-21(18)27(20)36/h2-9,17,20,23H,10-16H2,1H3,(H,30,37)(H,33,34). The lowest BCUT2D eigenvalue weighted by molar-refractivity contribution is -0.150. The predicted molar refractivity (Wildman–Crippen MR) is 138 cm³/mol. The van der Waals surface area contributed by atoms with Crippen LogP contribution in [-0.4, -0.2) is 70.6 Å². The zero-order chi connectivity index (χ0) is 28.1. The lowest BCUT2D eigenvalue weighted by Crippen LogP contribution is -2.54. The number of fused-ring (bicyclic) bond motifs is 2. The van der Waals surface area contributed by atoms with Crippen LogP contribution in [0.5, 0.6) is 0 Å². The molecule has 4 rings (SSSR count). The lowest BCUT2D eigenvalue weighted by atomic mass is 9.81. The molecule has 0 saturated carbocycles. The van der Waals surface area contributed by atoms with E-state index in [1.807, 2.05) is 24.3 Å². The van der Waals surface area contributed by atoms with E-state index in [4.69, 9.17) is 4.74 Å². The van der Waals surface area contributed by atoms with Gasteiger partial charge in [0.1, 0.15) is 12.1 Å². The molecule has 204 valence electrons. The van der Waals surface area contributed by atoms with Gasteiger partial charge >= 0.3 is 11.9 Å². The van der Waals surface area contributed by atoms with Crippen molar-refractivity contribution >= 4 is 35.3 Å². The van der Waals surface area contributed by atoms with Crippen LogP contribution >= 0.6 is 0 Å². The van der Waals surface area contributed by atoms with E-state index in [2.05, 4.69) is 5.32 Å². The van der Waals surface area contributed by atoms with Gasteiger partial charge in [-0.3, -0.25) is 28.8 Å². The first-order chi connectivity index (χ1) is 18.7. The Morgan fingerprint density at radius 3 is 2.33 bits per heavy atom. The third-order valence-electron chi connectivity index (χ3n) is 7.27. The maximum Gasteiger partial charge on any atom is 0.306 e. The van der Waals surface area contributed by atoms with E-state index in [0.29, 0.717) is 36.9 Å². The maximum atomic E-state index is 12.9. The summed E-state index contributed by atoms with van der Waals surface area (Å²) in [6.07, 6.45) is 0.764. The van der Waals surface area contributed by atoms with Crippen molar-refractivity contribution in [2.45, 2.75) is 51.1 Å². The number of aryl methyl sites for hydroxylation is 1. The zero-order valence-electron chi connectivity index (χ0n) is 21.6. The third-order valence-corrected chi connectivity index (χ3v) is 7.27. The number of hydrogen-bond acceptors (Lipinski definition) is 7. The van der Waals surface area contributed by atoms with Crippen molar-refractivity contribution in [2.24, 2.45) is 5.92 Å². The summed E-state index contributed by atoms with van der Waals surface area (Å²) in [6.45, 7) is 1.05. The van der Waals surface area contributed by atoms with E-state index >= 15 is 0 Å². The first-order valence-corrected chi connectivity index (χ1v) is 12.9. The fourth-order valence-electron chi connectivity index (χ4n) is 5.03. The quantitative estimate of drug-likeness (QED) is 0.440. The second-order valence-corrected chi connectivity index (χ2v) is 9.83. The molecule has 0 aromatic heterocycles. The van der Waals surface area contributed by atoms with Gasteiger partial charge in [-0.2, -0.15) is 0 Å². The van der Waals surface area contributed by atoms with Crippen molar-refractivity contribution < 1.29 is 38.6 Å². The predicted octanol–water partition coefficient (Wildman–Crippen LogP) is 1.98. The third kappa shape index (κ3) is 6.39. The van der Waals surface area contributed by atoms with Crippen molar-refractivity contribution in [3.8, 4) is 0 Å². The Bertz CT molecular complexity index is 1320. The molecule has 2 amide bonds. The highest BCUT2D eigenvalue weighted by molar-refractivity contribution is 6.02. The minimum absolute atomic E-state index is 0.153. The molecule has 0 bridgehead atoms. The largest absolute Gasteiger partial charge is 0.481 e. The zero-order valence-corrected chi connectivity index (χ0v) is 21.6. The average Bonchev–Trinajstić information content (AvgIpc) is 2.92. The Morgan fingerprint density at radius 1 is 1.00 bits per heavy atom. The second-order valence-electron chi connectivity index (χ2n) is 9.83. The minimum atomic E-state index is -1.46. The van der Waals surface area contributed by atoms with Gasteiger partial charge in [-0.05, 0) is 43.4 Å².